The number of fused-ring (bicyclic) bond motifs is 6. The van der Waals surface area contributed by atoms with Crippen molar-refractivity contribution in [3.8, 4) is 50.2 Å². The van der Waals surface area contributed by atoms with Crippen molar-refractivity contribution >= 4 is 60.8 Å². The van der Waals surface area contributed by atoms with E-state index in [1.54, 1.807) is 0 Å². The van der Waals surface area contributed by atoms with Gasteiger partial charge in [0.25, 0.3) is 0 Å². The lowest BCUT2D eigenvalue weighted by Gasteiger charge is -2.27. The van der Waals surface area contributed by atoms with Crippen LogP contribution in [0, 0.1) is 0 Å². The number of aromatic nitrogens is 1. The Balaban J connectivity index is 0.958. The smallest absolute Gasteiger partial charge is 0.136 e. The lowest BCUT2D eigenvalue weighted by atomic mass is 9.94. The highest BCUT2D eigenvalue weighted by atomic mass is 16.3. The first-order valence-corrected chi connectivity index (χ1v) is 21.5. The molecule has 0 unspecified atom stereocenters. The van der Waals surface area contributed by atoms with Gasteiger partial charge in [0, 0.05) is 44.3 Å². The molecule has 2 heterocycles. The standard InChI is InChI=1S/C60H40N2O/c1-2-15-42(16-3-1)50-21-4-5-22-51(50)45-18-13-19-48(40-45)61(47-37-33-43(34-38-47)52-26-14-30-59-60(52)55-25-8-11-29-58(55)63-59)46-35-31-41(32-36-46)44-17-12-20-49(39-44)62-56-27-9-6-23-53(56)54-24-7-10-28-57(54)62/h1-40H. The molecule has 2 aromatic heterocycles. The van der Waals surface area contributed by atoms with Crippen LogP contribution in [0.2, 0.25) is 0 Å². The van der Waals surface area contributed by atoms with Gasteiger partial charge in [-0.3, -0.25) is 0 Å². The fourth-order valence-corrected chi connectivity index (χ4v) is 9.50. The molecule has 0 saturated heterocycles. The van der Waals surface area contributed by atoms with Crippen LogP contribution in [-0.4, -0.2) is 4.57 Å². The monoisotopic (exact) mass is 804 g/mol. The van der Waals surface area contributed by atoms with Gasteiger partial charge in [-0.1, -0.05) is 170 Å². The number of anilines is 3. The number of nitrogens with zero attached hydrogens (tertiary/aromatic N) is 2. The van der Waals surface area contributed by atoms with E-state index < -0.39 is 0 Å². The van der Waals surface area contributed by atoms with Crippen LogP contribution in [0.1, 0.15) is 0 Å². The summed E-state index contributed by atoms with van der Waals surface area (Å²) in [6.45, 7) is 0. The number of hydrogen-bond acceptors (Lipinski definition) is 2. The van der Waals surface area contributed by atoms with Crippen LogP contribution in [0.5, 0.6) is 0 Å². The van der Waals surface area contributed by atoms with E-state index >= 15 is 0 Å². The maximum absolute atomic E-state index is 6.27. The van der Waals surface area contributed by atoms with E-state index in [-0.39, 0.29) is 0 Å². The van der Waals surface area contributed by atoms with Crippen molar-refractivity contribution in [3.05, 3.63) is 243 Å². The van der Waals surface area contributed by atoms with E-state index in [1.807, 2.05) is 12.1 Å². The van der Waals surface area contributed by atoms with Crippen LogP contribution in [0.3, 0.4) is 0 Å². The largest absolute Gasteiger partial charge is 0.456 e. The van der Waals surface area contributed by atoms with Gasteiger partial charge in [-0.25, -0.2) is 0 Å². The van der Waals surface area contributed by atoms with Crippen molar-refractivity contribution < 1.29 is 4.42 Å². The Labute approximate surface area is 366 Å². The Morgan fingerprint density at radius 3 is 1.54 bits per heavy atom. The van der Waals surface area contributed by atoms with Gasteiger partial charge in [0.2, 0.25) is 0 Å². The zero-order chi connectivity index (χ0) is 41.7. The average molecular weight is 805 g/mol. The summed E-state index contributed by atoms with van der Waals surface area (Å²) < 4.78 is 8.65. The normalized spacial score (nSPS) is 11.5. The second-order valence-corrected chi connectivity index (χ2v) is 16.1. The average Bonchev–Trinajstić information content (AvgIpc) is 3.91. The predicted octanol–water partition coefficient (Wildman–Crippen LogP) is 16.8. The Kier molecular flexibility index (Phi) is 8.83. The fourth-order valence-electron chi connectivity index (χ4n) is 9.50. The van der Waals surface area contributed by atoms with Crippen LogP contribution >= 0.6 is 0 Å². The first-order valence-electron chi connectivity index (χ1n) is 21.5. The van der Waals surface area contributed by atoms with Gasteiger partial charge in [-0.2, -0.15) is 0 Å². The fraction of sp³-hybridized carbons (Fsp3) is 0. The molecule has 0 bridgehead atoms. The summed E-state index contributed by atoms with van der Waals surface area (Å²) in [6.07, 6.45) is 0. The summed E-state index contributed by atoms with van der Waals surface area (Å²) in [4.78, 5) is 2.37. The molecule has 0 aliphatic rings. The summed E-state index contributed by atoms with van der Waals surface area (Å²) >= 11 is 0. The molecule has 0 spiro atoms. The Morgan fingerprint density at radius 2 is 0.810 bits per heavy atom. The molecule has 296 valence electrons. The van der Waals surface area contributed by atoms with E-state index in [0.717, 1.165) is 72.5 Å². The predicted molar refractivity (Wildman–Crippen MR) is 264 cm³/mol. The summed E-state index contributed by atoms with van der Waals surface area (Å²) in [5.41, 5.74) is 17.9. The molecule has 3 nitrogen and oxygen atoms in total. The van der Waals surface area contributed by atoms with Crippen LogP contribution < -0.4 is 4.90 Å². The van der Waals surface area contributed by atoms with Gasteiger partial charge in [0.05, 0.1) is 11.0 Å². The first-order chi connectivity index (χ1) is 31.2. The molecular formula is C60H40N2O. The zero-order valence-electron chi connectivity index (χ0n) is 34.4. The molecule has 63 heavy (non-hydrogen) atoms. The first kappa shape index (κ1) is 36.5. The highest BCUT2D eigenvalue weighted by Gasteiger charge is 2.18. The van der Waals surface area contributed by atoms with Gasteiger partial charge in [0.15, 0.2) is 0 Å². The highest BCUT2D eigenvalue weighted by molar-refractivity contribution is 6.12. The van der Waals surface area contributed by atoms with Crippen molar-refractivity contribution in [2.45, 2.75) is 0 Å². The second-order valence-electron chi connectivity index (χ2n) is 16.1. The van der Waals surface area contributed by atoms with Crippen molar-refractivity contribution in [1.29, 1.82) is 0 Å². The minimum atomic E-state index is 0.896. The lowest BCUT2D eigenvalue weighted by molar-refractivity contribution is 0.669. The summed E-state index contributed by atoms with van der Waals surface area (Å²) in [6, 6.07) is 87.1. The molecule has 0 aliphatic heterocycles. The highest BCUT2D eigenvalue weighted by Crippen LogP contribution is 2.42. The summed E-state index contributed by atoms with van der Waals surface area (Å²) in [5, 5.41) is 4.79. The van der Waals surface area contributed by atoms with Crippen molar-refractivity contribution in [3.63, 3.8) is 0 Å². The third kappa shape index (κ3) is 6.38. The minimum absolute atomic E-state index is 0.896. The number of furan rings is 1. The van der Waals surface area contributed by atoms with Gasteiger partial charge in [-0.15, -0.1) is 0 Å². The summed E-state index contributed by atoms with van der Waals surface area (Å²) in [7, 11) is 0. The van der Waals surface area contributed by atoms with Crippen molar-refractivity contribution in [2.24, 2.45) is 0 Å². The maximum Gasteiger partial charge on any atom is 0.136 e. The van der Waals surface area contributed by atoms with E-state index in [9.17, 15) is 0 Å². The number of benzene rings is 10. The van der Waals surface area contributed by atoms with E-state index in [1.165, 1.54) is 38.5 Å². The molecule has 12 aromatic rings. The van der Waals surface area contributed by atoms with Crippen LogP contribution in [0.15, 0.2) is 247 Å². The molecule has 0 radical (unpaired) electrons. The zero-order valence-corrected chi connectivity index (χ0v) is 34.4. The van der Waals surface area contributed by atoms with Gasteiger partial charge in [0.1, 0.15) is 11.2 Å². The topological polar surface area (TPSA) is 21.3 Å². The van der Waals surface area contributed by atoms with Crippen LogP contribution in [0.25, 0.3) is 93.9 Å². The number of hydrogen-bond donors (Lipinski definition) is 0. The molecule has 0 fully saturated rings. The quantitative estimate of drug-likeness (QED) is 0.153. The maximum atomic E-state index is 6.27. The van der Waals surface area contributed by atoms with Crippen molar-refractivity contribution in [1.82, 2.24) is 4.57 Å². The number of rotatable bonds is 8. The van der Waals surface area contributed by atoms with Gasteiger partial charge < -0.3 is 13.9 Å². The molecular weight excluding hydrogens is 765 g/mol. The molecule has 0 aliphatic carbocycles. The lowest BCUT2D eigenvalue weighted by Crippen LogP contribution is -2.10. The minimum Gasteiger partial charge on any atom is -0.456 e. The van der Waals surface area contributed by atoms with Gasteiger partial charge in [-0.05, 0) is 117 Å². The van der Waals surface area contributed by atoms with Gasteiger partial charge >= 0.3 is 0 Å². The molecule has 3 heteroatoms. The third-order valence-electron chi connectivity index (χ3n) is 12.4. The van der Waals surface area contributed by atoms with Crippen LogP contribution in [0.4, 0.5) is 17.1 Å². The second kappa shape index (κ2) is 15.3. The Hall–Kier alpha value is -8.40. The summed E-state index contributed by atoms with van der Waals surface area (Å²) in [5.74, 6) is 0. The Morgan fingerprint density at radius 1 is 0.302 bits per heavy atom. The van der Waals surface area contributed by atoms with Crippen molar-refractivity contribution in [2.75, 3.05) is 4.90 Å². The molecule has 0 saturated carbocycles. The molecule has 0 amide bonds. The Bertz CT molecular complexity index is 3560. The molecule has 12 rings (SSSR count). The van der Waals surface area contributed by atoms with E-state index in [0.29, 0.717) is 0 Å². The SMILES string of the molecule is c1ccc(-c2ccccc2-c2cccc(N(c3ccc(-c4cccc(-n5c6ccccc6c6ccccc65)c4)cc3)c3ccc(-c4cccc5oc6ccccc6c45)cc3)c2)cc1. The molecule has 0 N–H and O–H groups in total. The third-order valence-corrected chi connectivity index (χ3v) is 12.4. The van der Waals surface area contributed by atoms with E-state index in [2.05, 4.69) is 240 Å². The van der Waals surface area contributed by atoms with E-state index in [4.69, 9.17) is 4.42 Å². The molecule has 10 aromatic carbocycles. The number of para-hydroxylation sites is 3. The van der Waals surface area contributed by atoms with Crippen LogP contribution in [-0.2, 0) is 0 Å². The molecule has 0 atom stereocenters.